The number of methoxy groups -OCH3 is 1. The smallest absolute Gasteiger partial charge is 0.262 e. The first-order chi connectivity index (χ1) is 11.7. The number of ether oxygens (including phenoxy) is 1. The molecule has 0 spiro atoms. The summed E-state index contributed by atoms with van der Waals surface area (Å²) in [6, 6.07) is 16.6. The topological polar surface area (TPSA) is 67.4 Å². The highest BCUT2D eigenvalue weighted by Crippen LogP contribution is 2.12. The maximum Gasteiger partial charge on any atom is 0.262 e. The third-order valence-corrected chi connectivity index (χ3v) is 3.08. The van der Waals surface area contributed by atoms with Gasteiger partial charge in [0.25, 0.3) is 11.8 Å². The normalized spacial score (nSPS) is 10.7. The van der Waals surface area contributed by atoms with Crippen LogP contribution in [0.15, 0.2) is 66.7 Å². The average Bonchev–Trinajstić information content (AvgIpc) is 2.64. The molecule has 2 aromatic carbocycles. The molecule has 0 fully saturated rings. The van der Waals surface area contributed by atoms with E-state index in [-0.39, 0.29) is 0 Å². The van der Waals surface area contributed by atoms with Crippen LogP contribution in [0.3, 0.4) is 0 Å². The molecule has 0 saturated carbocycles. The first-order valence-corrected chi connectivity index (χ1v) is 7.32. The summed E-state index contributed by atoms with van der Waals surface area (Å²) in [6.45, 7) is 0. The van der Waals surface area contributed by atoms with E-state index in [1.807, 2.05) is 42.5 Å². The second kappa shape index (κ2) is 8.95. The van der Waals surface area contributed by atoms with Crippen molar-refractivity contribution in [3.63, 3.8) is 0 Å². The monoisotopic (exact) mass is 322 g/mol. The lowest BCUT2D eigenvalue weighted by atomic mass is 10.2. The molecule has 2 aromatic rings. The minimum absolute atomic E-state index is 0.412. The van der Waals surface area contributed by atoms with Crippen molar-refractivity contribution >= 4 is 24.0 Å². The van der Waals surface area contributed by atoms with Crippen LogP contribution in [-0.4, -0.2) is 18.9 Å². The fourth-order valence-electron chi connectivity index (χ4n) is 1.83. The van der Waals surface area contributed by atoms with Gasteiger partial charge in [0.15, 0.2) is 0 Å². The zero-order valence-electron chi connectivity index (χ0n) is 13.2. The fourth-order valence-corrected chi connectivity index (χ4v) is 1.83. The Morgan fingerprint density at radius 3 is 1.79 bits per heavy atom. The van der Waals surface area contributed by atoms with Crippen molar-refractivity contribution in [1.29, 1.82) is 0 Å². The van der Waals surface area contributed by atoms with Crippen LogP contribution in [0, 0.1) is 0 Å². The van der Waals surface area contributed by atoms with Crippen molar-refractivity contribution < 1.29 is 14.3 Å². The van der Waals surface area contributed by atoms with Gasteiger partial charge in [-0.15, -0.1) is 0 Å². The maximum atomic E-state index is 11.7. The Morgan fingerprint density at radius 1 is 0.792 bits per heavy atom. The molecular formula is C19H18N2O3. The SMILES string of the molecule is COc1ccc(/C=C/C(=O)NNC(=O)C=Cc2ccccc2)cc1. The lowest BCUT2D eigenvalue weighted by molar-refractivity contribution is -0.123. The molecular weight excluding hydrogens is 304 g/mol. The van der Waals surface area contributed by atoms with Gasteiger partial charge in [-0.1, -0.05) is 42.5 Å². The number of hydrogen-bond acceptors (Lipinski definition) is 3. The molecule has 0 radical (unpaired) electrons. The van der Waals surface area contributed by atoms with Crippen molar-refractivity contribution in [2.45, 2.75) is 0 Å². The van der Waals surface area contributed by atoms with Crippen LogP contribution < -0.4 is 15.6 Å². The number of hydrazine groups is 1. The van der Waals surface area contributed by atoms with Crippen LogP contribution in [0.1, 0.15) is 11.1 Å². The number of amides is 2. The van der Waals surface area contributed by atoms with E-state index in [9.17, 15) is 9.59 Å². The molecule has 0 unspecified atom stereocenters. The van der Waals surface area contributed by atoms with Gasteiger partial charge in [-0.05, 0) is 35.4 Å². The molecule has 0 saturated heterocycles. The van der Waals surface area contributed by atoms with Gasteiger partial charge in [-0.2, -0.15) is 0 Å². The predicted octanol–water partition coefficient (Wildman–Crippen LogP) is 2.57. The van der Waals surface area contributed by atoms with Crippen molar-refractivity contribution in [3.05, 3.63) is 77.9 Å². The number of nitrogens with one attached hydrogen (secondary N) is 2. The number of carbonyl (C=O) groups excluding carboxylic acids is 2. The Balaban J connectivity index is 1.78. The van der Waals surface area contributed by atoms with Gasteiger partial charge in [-0.3, -0.25) is 20.4 Å². The maximum absolute atomic E-state index is 11.7. The highest BCUT2D eigenvalue weighted by molar-refractivity contribution is 5.96. The Hall–Kier alpha value is -3.34. The third kappa shape index (κ3) is 5.81. The Kier molecular flexibility index (Phi) is 6.35. The van der Waals surface area contributed by atoms with Gasteiger partial charge in [0, 0.05) is 12.2 Å². The zero-order chi connectivity index (χ0) is 17.2. The van der Waals surface area contributed by atoms with E-state index in [0.717, 1.165) is 16.9 Å². The molecule has 0 heterocycles. The van der Waals surface area contributed by atoms with Gasteiger partial charge in [0.05, 0.1) is 7.11 Å². The van der Waals surface area contributed by atoms with Gasteiger partial charge in [0.1, 0.15) is 5.75 Å². The Labute approximate surface area is 140 Å². The van der Waals surface area contributed by atoms with E-state index in [1.165, 1.54) is 12.2 Å². The molecule has 0 aliphatic rings. The van der Waals surface area contributed by atoms with E-state index >= 15 is 0 Å². The summed E-state index contributed by atoms with van der Waals surface area (Å²) in [4.78, 5) is 23.3. The number of hydrogen-bond donors (Lipinski definition) is 2. The molecule has 2 rings (SSSR count). The number of carbonyl (C=O) groups is 2. The quantitative estimate of drug-likeness (QED) is 0.657. The number of rotatable bonds is 5. The fraction of sp³-hybridized carbons (Fsp3) is 0.0526. The van der Waals surface area contributed by atoms with Crippen molar-refractivity contribution in [2.75, 3.05) is 7.11 Å². The van der Waals surface area contributed by atoms with Gasteiger partial charge >= 0.3 is 0 Å². The molecule has 5 nitrogen and oxygen atoms in total. The van der Waals surface area contributed by atoms with Crippen LogP contribution in [0.5, 0.6) is 5.75 Å². The van der Waals surface area contributed by atoms with Crippen LogP contribution in [0.2, 0.25) is 0 Å². The second-order valence-electron chi connectivity index (χ2n) is 4.83. The Bertz CT molecular complexity index is 735. The van der Waals surface area contributed by atoms with Crippen LogP contribution in [-0.2, 0) is 9.59 Å². The summed E-state index contributed by atoms with van der Waals surface area (Å²) in [5, 5.41) is 0. The summed E-state index contributed by atoms with van der Waals surface area (Å²) in [5.41, 5.74) is 6.37. The van der Waals surface area contributed by atoms with Crippen molar-refractivity contribution in [2.24, 2.45) is 0 Å². The molecule has 0 aliphatic heterocycles. The first kappa shape index (κ1) is 17.0. The Morgan fingerprint density at radius 2 is 1.29 bits per heavy atom. The first-order valence-electron chi connectivity index (χ1n) is 7.32. The molecule has 0 bridgehead atoms. The summed E-state index contributed by atoms with van der Waals surface area (Å²) in [5.74, 6) is -0.0913. The lowest BCUT2D eigenvalue weighted by Gasteiger charge is -2.02. The van der Waals surface area contributed by atoms with Crippen molar-refractivity contribution in [3.8, 4) is 5.75 Å². The molecule has 0 atom stereocenters. The summed E-state index contributed by atoms with van der Waals surface area (Å²) in [6.07, 6.45) is 5.99. The summed E-state index contributed by atoms with van der Waals surface area (Å²) < 4.78 is 5.06. The zero-order valence-corrected chi connectivity index (χ0v) is 13.2. The van der Waals surface area contributed by atoms with Gasteiger partial charge < -0.3 is 4.74 Å². The van der Waals surface area contributed by atoms with E-state index < -0.39 is 11.8 Å². The second-order valence-corrected chi connectivity index (χ2v) is 4.83. The minimum atomic E-state index is -0.424. The standard InChI is InChI=1S/C19H18N2O3/c1-24-17-11-7-16(8-12-17)10-14-19(23)21-20-18(22)13-9-15-5-3-2-4-6-15/h2-14H,1H3,(H,20,22)(H,21,23)/b13-9?,14-10+. The van der Waals surface area contributed by atoms with Crippen LogP contribution in [0.25, 0.3) is 12.2 Å². The predicted molar refractivity (Wildman–Crippen MR) is 93.8 cm³/mol. The molecule has 2 amide bonds. The summed E-state index contributed by atoms with van der Waals surface area (Å²) >= 11 is 0. The van der Waals surface area contributed by atoms with Crippen molar-refractivity contribution in [1.82, 2.24) is 10.9 Å². The van der Waals surface area contributed by atoms with E-state index in [2.05, 4.69) is 10.9 Å². The van der Waals surface area contributed by atoms with Crippen LogP contribution >= 0.6 is 0 Å². The number of benzene rings is 2. The molecule has 24 heavy (non-hydrogen) atoms. The highest BCUT2D eigenvalue weighted by atomic mass is 16.5. The molecule has 0 aliphatic carbocycles. The lowest BCUT2D eigenvalue weighted by Crippen LogP contribution is -2.39. The minimum Gasteiger partial charge on any atom is -0.497 e. The average molecular weight is 322 g/mol. The molecule has 5 heteroatoms. The third-order valence-electron chi connectivity index (χ3n) is 3.08. The van der Waals surface area contributed by atoms with E-state index in [0.29, 0.717) is 0 Å². The largest absolute Gasteiger partial charge is 0.497 e. The van der Waals surface area contributed by atoms with E-state index in [4.69, 9.17) is 4.74 Å². The van der Waals surface area contributed by atoms with E-state index in [1.54, 1.807) is 31.4 Å². The molecule has 122 valence electrons. The summed E-state index contributed by atoms with van der Waals surface area (Å²) in [7, 11) is 1.59. The van der Waals surface area contributed by atoms with Gasteiger partial charge in [-0.25, -0.2) is 0 Å². The van der Waals surface area contributed by atoms with Gasteiger partial charge in [0.2, 0.25) is 0 Å². The highest BCUT2D eigenvalue weighted by Gasteiger charge is 1.98. The van der Waals surface area contributed by atoms with Crippen LogP contribution in [0.4, 0.5) is 0 Å². The molecule has 0 aromatic heterocycles. The molecule has 2 N–H and O–H groups in total.